The predicted molar refractivity (Wildman–Crippen MR) is 77.9 cm³/mol. The van der Waals surface area contributed by atoms with Gasteiger partial charge in [0.25, 0.3) is 5.91 Å². The fourth-order valence-corrected chi connectivity index (χ4v) is 2.69. The fourth-order valence-electron chi connectivity index (χ4n) is 2.69. The van der Waals surface area contributed by atoms with Gasteiger partial charge in [0.15, 0.2) is 0 Å². The van der Waals surface area contributed by atoms with Gasteiger partial charge in [-0.2, -0.15) is 0 Å². The van der Waals surface area contributed by atoms with E-state index >= 15 is 0 Å². The standard InChI is InChI=1S/C16H18N2O3/c1-2-10-18(13-6-4-3-5-7-13)15(19)14-11-12(16(20)21)8-9-17-14/h1,8-9,11,13H,3-7,10H2,(H,20,21). The molecule has 5 nitrogen and oxygen atoms in total. The number of pyridine rings is 1. The lowest BCUT2D eigenvalue weighted by atomic mass is 9.94. The Kier molecular flexibility index (Phi) is 4.94. The van der Waals surface area contributed by atoms with E-state index in [2.05, 4.69) is 10.9 Å². The molecule has 1 amide bonds. The molecule has 1 N–H and O–H groups in total. The Morgan fingerprint density at radius 1 is 1.38 bits per heavy atom. The molecule has 0 spiro atoms. The van der Waals surface area contributed by atoms with E-state index in [1.54, 1.807) is 4.90 Å². The Bertz CT molecular complexity index is 571. The average molecular weight is 286 g/mol. The van der Waals surface area contributed by atoms with Crippen LogP contribution in [0.25, 0.3) is 0 Å². The van der Waals surface area contributed by atoms with Crippen molar-refractivity contribution in [1.82, 2.24) is 9.88 Å². The number of nitrogens with zero attached hydrogens (tertiary/aromatic N) is 2. The highest BCUT2D eigenvalue weighted by atomic mass is 16.4. The molecule has 1 heterocycles. The molecule has 0 radical (unpaired) electrons. The molecule has 1 aliphatic rings. The van der Waals surface area contributed by atoms with Gasteiger partial charge in [0.05, 0.1) is 12.1 Å². The van der Waals surface area contributed by atoms with Crippen molar-refractivity contribution in [2.45, 2.75) is 38.1 Å². The van der Waals surface area contributed by atoms with Crippen LogP contribution >= 0.6 is 0 Å². The molecule has 0 unspecified atom stereocenters. The molecule has 1 aliphatic carbocycles. The number of carboxylic acids is 1. The average Bonchev–Trinajstić information content (AvgIpc) is 2.53. The number of rotatable bonds is 4. The number of terminal acetylenes is 1. The van der Waals surface area contributed by atoms with Crippen LogP contribution in [0.4, 0.5) is 0 Å². The minimum Gasteiger partial charge on any atom is -0.478 e. The molecule has 0 atom stereocenters. The largest absolute Gasteiger partial charge is 0.478 e. The van der Waals surface area contributed by atoms with E-state index < -0.39 is 5.97 Å². The van der Waals surface area contributed by atoms with Gasteiger partial charge < -0.3 is 10.0 Å². The van der Waals surface area contributed by atoms with Gasteiger partial charge in [0.1, 0.15) is 5.69 Å². The fraction of sp³-hybridized carbons (Fsp3) is 0.438. The molecule has 1 fully saturated rings. The van der Waals surface area contributed by atoms with Crippen LogP contribution in [0.3, 0.4) is 0 Å². The maximum Gasteiger partial charge on any atom is 0.335 e. The Morgan fingerprint density at radius 2 is 2.10 bits per heavy atom. The Labute approximate surface area is 124 Å². The molecular formula is C16H18N2O3. The van der Waals surface area contributed by atoms with Crippen LogP contribution in [0.2, 0.25) is 0 Å². The van der Waals surface area contributed by atoms with E-state index in [1.165, 1.54) is 24.8 Å². The quantitative estimate of drug-likeness (QED) is 0.861. The van der Waals surface area contributed by atoms with E-state index in [-0.39, 0.29) is 29.8 Å². The van der Waals surface area contributed by atoms with Gasteiger partial charge in [-0.25, -0.2) is 4.79 Å². The second-order valence-electron chi connectivity index (χ2n) is 5.16. The molecule has 0 aromatic carbocycles. The van der Waals surface area contributed by atoms with Gasteiger partial charge in [-0.3, -0.25) is 9.78 Å². The predicted octanol–water partition coefficient (Wildman–Crippen LogP) is 2.19. The van der Waals surface area contributed by atoms with Crippen LogP contribution in [0.1, 0.15) is 53.0 Å². The highest BCUT2D eigenvalue weighted by Crippen LogP contribution is 2.23. The minimum absolute atomic E-state index is 0.0534. The van der Waals surface area contributed by atoms with E-state index in [1.807, 2.05) is 0 Å². The third-order valence-electron chi connectivity index (χ3n) is 3.76. The summed E-state index contributed by atoms with van der Waals surface area (Å²) in [7, 11) is 0. The van der Waals surface area contributed by atoms with Crippen molar-refractivity contribution < 1.29 is 14.7 Å². The summed E-state index contributed by atoms with van der Waals surface area (Å²) < 4.78 is 0. The van der Waals surface area contributed by atoms with E-state index in [9.17, 15) is 9.59 Å². The van der Waals surface area contributed by atoms with Crippen molar-refractivity contribution in [3.63, 3.8) is 0 Å². The first-order valence-corrected chi connectivity index (χ1v) is 7.07. The molecule has 0 saturated heterocycles. The molecule has 1 aromatic heterocycles. The monoisotopic (exact) mass is 286 g/mol. The third kappa shape index (κ3) is 3.60. The first kappa shape index (κ1) is 15.0. The molecule has 5 heteroatoms. The first-order chi connectivity index (χ1) is 10.1. The smallest absolute Gasteiger partial charge is 0.335 e. The summed E-state index contributed by atoms with van der Waals surface area (Å²) in [5, 5.41) is 9.00. The summed E-state index contributed by atoms with van der Waals surface area (Å²) in [6.45, 7) is 0.225. The third-order valence-corrected chi connectivity index (χ3v) is 3.76. The zero-order chi connectivity index (χ0) is 15.2. The first-order valence-electron chi connectivity index (χ1n) is 7.07. The van der Waals surface area contributed by atoms with Crippen molar-refractivity contribution in [3.8, 4) is 12.3 Å². The van der Waals surface area contributed by atoms with Crippen molar-refractivity contribution in [1.29, 1.82) is 0 Å². The lowest BCUT2D eigenvalue weighted by Crippen LogP contribution is -2.42. The maximum atomic E-state index is 12.6. The number of aromatic carboxylic acids is 1. The van der Waals surface area contributed by atoms with E-state index in [0.717, 1.165) is 25.7 Å². The number of hydrogen-bond donors (Lipinski definition) is 1. The van der Waals surface area contributed by atoms with Crippen molar-refractivity contribution in [2.75, 3.05) is 6.54 Å². The van der Waals surface area contributed by atoms with Gasteiger partial charge in [-0.05, 0) is 25.0 Å². The number of amides is 1. The zero-order valence-electron chi connectivity index (χ0n) is 11.8. The normalized spacial score (nSPS) is 15.2. The lowest BCUT2D eigenvalue weighted by molar-refractivity contribution is 0.0661. The summed E-state index contributed by atoms with van der Waals surface area (Å²) in [4.78, 5) is 29.2. The minimum atomic E-state index is -1.08. The van der Waals surface area contributed by atoms with E-state index in [4.69, 9.17) is 11.5 Å². The van der Waals surface area contributed by atoms with Gasteiger partial charge in [-0.15, -0.1) is 6.42 Å². The molecule has 0 aliphatic heterocycles. The zero-order valence-corrected chi connectivity index (χ0v) is 11.8. The van der Waals surface area contributed by atoms with E-state index in [0.29, 0.717) is 0 Å². The van der Waals surface area contributed by atoms with Crippen LogP contribution in [0, 0.1) is 12.3 Å². The molecule has 110 valence electrons. The van der Waals surface area contributed by atoms with Crippen LogP contribution in [0.15, 0.2) is 18.3 Å². The number of carbonyl (C=O) groups is 2. The van der Waals surface area contributed by atoms with Crippen molar-refractivity contribution in [2.24, 2.45) is 0 Å². The molecule has 1 saturated carbocycles. The maximum absolute atomic E-state index is 12.6. The number of carboxylic acid groups (broad SMARTS) is 1. The molecule has 2 rings (SSSR count). The second kappa shape index (κ2) is 6.89. The van der Waals surface area contributed by atoms with Gasteiger partial charge in [0, 0.05) is 12.2 Å². The summed E-state index contributed by atoms with van der Waals surface area (Å²) in [6, 6.07) is 2.79. The SMILES string of the molecule is C#CCN(C(=O)c1cc(C(=O)O)ccn1)C1CCCCC1. The molecule has 21 heavy (non-hydrogen) atoms. The van der Waals surface area contributed by atoms with Crippen LogP contribution in [-0.2, 0) is 0 Å². The second-order valence-corrected chi connectivity index (χ2v) is 5.16. The molecule has 1 aromatic rings. The molecule has 0 bridgehead atoms. The van der Waals surface area contributed by atoms with Crippen molar-refractivity contribution >= 4 is 11.9 Å². The summed E-state index contributed by atoms with van der Waals surface area (Å²) in [5.41, 5.74) is 0.188. The van der Waals surface area contributed by atoms with Crippen LogP contribution in [-0.4, -0.2) is 39.5 Å². The Morgan fingerprint density at radius 3 is 2.71 bits per heavy atom. The number of aromatic nitrogens is 1. The van der Waals surface area contributed by atoms with Gasteiger partial charge in [0.2, 0.25) is 0 Å². The Balaban J connectivity index is 2.23. The number of hydrogen-bond acceptors (Lipinski definition) is 3. The van der Waals surface area contributed by atoms with Gasteiger partial charge >= 0.3 is 5.97 Å². The van der Waals surface area contributed by atoms with Crippen LogP contribution in [0.5, 0.6) is 0 Å². The van der Waals surface area contributed by atoms with Crippen LogP contribution < -0.4 is 0 Å². The lowest BCUT2D eigenvalue weighted by Gasteiger charge is -2.32. The van der Waals surface area contributed by atoms with Crippen molar-refractivity contribution in [3.05, 3.63) is 29.6 Å². The highest BCUT2D eigenvalue weighted by molar-refractivity contribution is 5.96. The summed E-state index contributed by atoms with van der Waals surface area (Å²) in [6.07, 6.45) is 11.9. The highest BCUT2D eigenvalue weighted by Gasteiger charge is 2.26. The van der Waals surface area contributed by atoms with Gasteiger partial charge in [-0.1, -0.05) is 25.2 Å². The summed E-state index contributed by atoms with van der Waals surface area (Å²) in [5.74, 6) is 1.15. The summed E-state index contributed by atoms with van der Waals surface area (Å²) >= 11 is 0. The Hall–Kier alpha value is -2.35. The topological polar surface area (TPSA) is 70.5 Å². The molecular weight excluding hydrogens is 268 g/mol. The number of carbonyl (C=O) groups excluding carboxylic acids is 1.